The van der Waals surface area contributed by atoms with Crippen LogP contribution in [-0.4, -0.2) is 33.8 Å². The summed E-state index contributed by atoms with van der Waals surface area (Å²) in [6, 6.07) is 0. The molecule has 1 unspecified atom stereocenters. The predicted molar refractivity (Wildman–Crippen MR) is 58.4 cm³/mol. The van der Waals surface area contributed by atoms with E-state index in [1.807, 2.05) is 14.0 Å². The summed E-state index contributed by atoms with van der Waals surface area (Å²) in [7, 11) is 1.86. The molecule has 1 saturated heterocycles. The lowest BCUT2D eigenvalue weighted by molar-refractivity contribution is -0.126. The zero-order chi connectivity index (χ0) is 11.5. The summed E-state index contributed by atoms with van der Waals surface area (Å²) in [4.78, 5) is 11.8. The SMILES string of the molecule is CC(C(=O)NCc1nncn1C)C1CNC1. The number of hydrogen-bond donors (Lipinski definition) is 2. The number of nitrogens with one attached hydrogen (secondary N) is 2. The third-order valence-electron chi connectivity index (χ3n) is 3.16. The number of carbonyl (C=O) groups excluding carboxylic acids is 1. The molecule has 2 rings (SSSR count). The maximum Gasteiger partial charge on any atom is 0.223 e. The van der Waals surface area contributed by atoms with Crippen LogP contribution in [0, 0.1) is 11.8 Å². The number of rotatable bonds is 4. The number of hydrogen-bond acceptors (Lipinski definition) is 4. The van der Waals surface area contributed by atoms with Gasteiger partial charge in [0.05, 0.1) is 6.54 Å². The summed E-state index contributed by atoms with van der Waals surface area (Å²) < 4.78 is 1.80. The lowest BCUT2D eigenvalue weighted by Crippen LogP contribution is -2.49. The molecule has 1 aromatic heterocycles. The van der Waals surface area contributed by atoms with E-state index in [9.17, 15) is 4.79 Å². The van der Waals surface area contributed by atoms with Crippen molar-refractivity contribution in [3.8, 4) is 0 Å². The Bertz CT molecular complexity index is 371. The maximum atomic E-state index is 11.8. The largest absolute Gasteiger partial charge is 0.349 e. The van der Waals surface area contributed by atoms with E-state index in [4.69, 9.17) is 0 Å². The van der Waals surface area contributed by atoms with E-state index in [0.717, 1.165) is 18.9 Å². The Balaban J connectivity index is 1.81. The topological polar surface area (TPSA) is 71.8 Å². The van der Waals surface area contributed by atoms with Crippen molar-refractivity contribution >= 4 is 5.91 Å². The fourth-order valence-electron chi connectivity index (χ4n) is 1.67. The number of aryl methyl sites for hydroxylation is 1. The van der Waals surface area contributed by atoms with Gasteiger partial charge in [0, 0.05) is 13.0 Å². The number of amides is 1. The molecule has 16 heavy (non-hydrogen) atoms. The van der Waals surface area contributed by atoms with Crippen molar-refractivity contribution in [2.24, 2.45) is 18.9 Å². The lowest BCUT2D eigenvalue weighted by Gasteiger charge is -2.31. The van der Waals surface area contributed by atoms with E-state index in [-0.39, 0.29) is 11.8 Å². The first kappa shape index (κ1) is 11.1. The van der Waals surface area contributed by atoms with Crippen LogP contribution in [0.2, 0.25) is 0 Å². The van der Waals surface area contributed by atoms with Gasteiger partial charge in [-0.3, -0.25) is 4.79 Å². The standard InChI is InChI=1S/C10H17N5O/c1-7(8-3-11-4-8)10(16)12-5-9-14-13-6-15(9)2/h6-8,11H,3-5H2,1-2H3,(H,12,16). The fraction of sp³-hybridized carbons (Fsp3) is 0.700. The highest BCUT2D eigenvalue weighted by Crippen LogP contribution is 2.15. The smallest absolute Gasteiger partial charge is 0.223 e. The third-order valence-corrected chi connectivity index (χ3v) is 3.16. The summed E-state index contributed by atoms with van der Waals surface area (Å²) in [5.41, 5.74) is 0. The first-order valence-corrected chi connectivity index (χ1v) is 5.50. The molecule has 0 aliphatic carbocycles. The van der Waals surface area contributed by atoms with E-state index in [0.29, 0.717) is 12.5 Å². The van der Waals surface area contributed by atoms with Gasteiger partial charge in [0.15, 0.2) is 5.82 Å². The molecule has 2 heterocycles. The second-order valence-electron chi connectivity index (χ2n) is 4.28. The fourth-order valence-corrected chi connectivity index (χ4v) is 1.67. The molecule has 1 amide bonds. The molecule has 6 heteroatoms. The third kappa shape index (κ3) is 2.21. The van der Waals surface area contributed by atoms with E-state index >= 15 is 0 Å². The van der Waals surface area contributed by atoms with Gasteiger partial charge in [-0.2, -0.15) is 0 Å². The van der Waals surface area contributed by atoms with Gasteiger partial charge in [-0.15, -0.1) is 10.2 Å². The van der Waals surface area contributed by atoms with Crippen molar-refractivity contribution in [1.29, 1.82) is 0 Å². The Morgan fingerprint density at radius 3 is 3.00 bits per heavy atom. The van der Waals surface area contributed by atoms with Gasteiger partial charge in [0.25, 0.3) is 0 Å². The number of carbonyl (C=O) groups is 1. The van der Waals surface area contributed by atoms with Gasteiger partial charge in [-0.25, -0.2) is 0 Å². The minimum atomic E-state index is 0.0643. The molecule has 1 aliphatic heterocycles. The van der Waals surface area contributed by atoms with Crippen molar-refractivity contribution in [2.45, 2.75) is 13.5 Å². The van der Waals surface area contributed by atoms with Crippen LogP contribution < -0.4 is 10.6 Å². The molecular formula is C10H17N5O. The quantitative estimate of drug-likeness (QED) is 0.707. The molecule has 0 radical (unpaired) electrons. The van der Waals surface area contributed by atoms with Gasteiger partial charge >= 0.3 is 0 Å². The van der Waals surface area contributed by atoms with Crippen molar-refractivity contribution in [3.05, 3.63) is 12.2 Å². The van der Waals surface area contributed by atoms with Gasteiger partial charge in [0.2, 0.25) is 5.91 Å². The molecule has 1 aliphatic rings. The summed E-state index contributed by atoms with van der Waals surface area (Å²) in [5.74, 6) is 1.40. The van der Waals surface area contributed by atoms with E-state index in [1.54, 1.807) is 10.9 Å². The number of nitrogens with zero attached hydrogens (tertiary/aromatic N) is 3. The molecule has 1 aromatic rings. The summed E-state index contributed by atoms with van der Waals surface area (Å²) in [6.45, 7) is 4.30. The normalized spacial score (nSPS) is 17.9. The van der Waals surface area contributed by atoms with E-state index in [1.165, 1.54) is 0 Å². The Morgan fingerprint density at radius 1 is 1.75 bits per heavy atom. The van der Waals surface area contributed by atoms with Crippen LogP contribution in [0.5, 0.6) is 0 Å². The average Bonchev–Trinajstić information content (AvgIpc) is 2.57. The maximum absolute atomic E-state index is 11.8. The van der Waals surface area contributed by atoms with Gasteiger partial charge in [-0.05, 0) is 19.0 Å². The average molecular weight is 223 g/mol. The second-order valence-corrected chi connectivity index (χ2v) is 4.28. The van der Waals surface area contributed by atoms with Crippen LogP contribution in [0.1, 0.15) is 12.7 Å². The van der Waals surface area contributed by atoms with Crippen LogP contribution >= 0.6 is 0 Å². The number of aromatic nitrogens is 3. The molecule has 1 atom stereocenters. The molecule has 6 nitrogen and oxygen atoms in total. The Hall–Kier alpha value is -1.43. The molecule has 0 bridgehead atoms. The highest BCUT2D eigenvalue weighted by molar-refractivity contribution is 5.78. The molecule has 1 fully saturated rings. The van der Waals surface area contributed by atoms with Crippen molar-refractivity contribution in [2.75, 3.05) is 13.1 Å². The summed E-state index contributed by atoms with van der Waals surface area (Å²) in [6.07, 6.45) is 1.63. The highest BCUT2D eigenvalue weighted by Gasteiger charge is 2.28. The molecule has 2 N–H and O–H groups in total. The van der Waals surface area contributed by atoms with Crippen molar-refractivity contribution in [1.82, 2.24) is 25.4 Å². The van der Waals surface area contributed by atoms with Gasteiger partial charge in [0.1, 0.15) is 6.33 Å². The first-order valence-electron chi connectivity index (χ1n) is 5.50. The monoisotopic (exact) mass is 223 g/mol. The van der Waals surface area contributed by atoms with Gasteiger partial charge in [-0.1, -0.05) is 6.92 Å². The van der Waals surface area contributed by atoms with Gasteiger partial charge < -0.3 is 15.2 Å². The zero-order valence-corrected chi connectivity index (χ0v) is 9.60. The molecule has 0 saturated carbocycles. The van der Waals surface area contributed by atoms with Crippen LogP contribution in [-0.2, 0) is 18.4 Å². The van der Waals surface area contributed by atoms with E-state index < -0.39 is 0 Å². The van der Waals surface area contributed by atoms with Crippen LogP contribution in [0.15, 0.2) is 6.33 Å². The van der Waals surface area contributed by atoms with Crippen LogP contribution in [0.3, 0.4) is 0 Å². The van der Waals surface area contributed by atoms with E-state index in [2.05, 4.69) is 20.8 Å². The summed E-state index contributed by atoms with van der Waals surface area (Å²) >= 11 is 0. The lowest BCUT2D eigenvalue weighted by atomic mass is 9.88. The molecule has 88 valence electrons. The highest BCUT2D eigenvalue weighted by atomic mass is 16.1. The zero-order valence-electron chi connectivity index (χ0n) is 9.60. The Labute approximate surface area is 94.4 Å². The second kappa shape index (κ2) is 4.61. The minimum Gasteiger partial charge on any atom is -0.349 e. The van der Waals surface area contributed by atoms with Crippen LogP contribution in [0.4, 0.5) is 0 Å². The molecular weight excluding hydrogens is 206 g/mol. The Kier molecular flexibility index (Phi) is 3.19. The van der Waals surface area contributed by atoms with Crippen molar-refractivity contribution in [3.63, 3.8) is 0 Å². The summed E-state index contributed by atoms with van der Waals surface area (Å²) in [5, 5.41) is 13.7. The minimum absolute atomic E-state index is 0.0643. The van der Waals surface area contributed by atoms with Crippen LogP contribution in [0.25, 0.3) is 0 Å². The molecule has 0 aromatic carbocycles. The Morgan fingerprint density at radius 2 is 2.50 bits per heavy atom. The van der Waals surface area contributed by atoms with Crippen molar-refractivity contribution < 1.29 is 4.79 Å². The first-order chi connectivity index (χ1) is 7.68. The predicted octanol–water partition coefficient (Wildman–Crippen LogP) is -0.713. The molecule has 0 spiro atoms.